The molecule has 2 heteroatoms. The zero-order valence-electron chi connectivity index (χ0n) is 11.6. The number of hydrogen-bond acceptors (Lipinski definition) is 2. The highest BCUT2D eigenvalue weighted by atomic mass is 16.5. The third kappa shape index (κ3) is 3.26. The molecular weight excluding hydrogens is 224 g/mol. The maximum atomic E-state index is 10.6. The molecule has 1 atom stereocenters. The van der Waals surface area contributed by atoms with Crippen LogP contribution in [0.15, 0.2) is 24.3 Å². The number of benzene rings is 1. The van der Waals surface area contributed by atoms with Crippen LogP contribution in [0, 0.1) is 5.92 Å². The van der Waals surface area contributed by atoms with Crippen molar-refractivity contribution < 1.29 is 9.84 Å². The molecule has 18 heavy (non-hydrogen) atoms. The summed E-state index contributed by atoms with van der Waals surface area (Å²) in [5.41, 5.74) is 0.231. The van der Waals surface area contributed by atoms with Crippen molar-refractivity contribution in [3.05, 3.63) is 29.8 Å². The van der Waals surface area contributed by atoms with Crippen LogP contribution >= 0.6 is 0 Å². The monoisotopic (exact) mass is 248 g/mol. The summed E-state index contributed by atoms with van der Waals surface area (Å²) in [4.78, 5) is 0. The highest BCUT2D eigenvalue weighted by molar-refractivity contribution is 5.32. The standard InChI is InChI=1S/C16H24O2/c1-12(2)18-15-9-5-8-14(10-15)16(3,17)11-13-6-4-7-13/h5,8-10,12-13,17H,4,6-7,11H2,1-3H3. The molecule has 1 N–H and O–H groups in total. The van der Waals surface area contributed by atoms with Crippen LogP contribution in [0.5, 0.6) is 5.75 Å². The maximum Gasteiger partial charge on any atom is 0.120 e. The lowest BCUT2D eigenvalue weighted by molar-refractivity contribution is 0.0159. The van der Waals surface area contributed by atoms with Gasteiger partial charge in [0.1, 0.15) is 5.75 Å². The van der Waals surface area contributed by atoms with Crippen LogP contribution in [0.3, 0.4) is 0 Å². The van der Waals surface area contributed by atoms with Gasteiger partial charge in [0, 0.05) is 0 Å². The summed E-state index contributed by atoms with van der Waals surface area (Å²) in [5, 5.41) is 10.6. The van der Waals surface area contributed by atoms with Crippen molar-refractivity contribution in [3.8, 4) is 5.75 Å². The minimum absolute atomic E-state index is 0.164. The van der Waals surface area contributed by atoms with E-state index in [-0.39, 0.29) is 6.10 Å². The van der Waals surface area contributed by atoms with Crippen LogP contribution in [0.4, 0.5) is 0 Å². The molecule has 0 bridgehead atoms. The lowest BCUT2D eigenvalue weighted by Gasteiger charge is -2.34. The number of ether oxygens (including phenoxy) is 1. The van der Waals surface area contributed by atoms with Gasteiger partial charge in [0.05, 0.1) is 11.7 Å². The molecule has 1 fully saturated rings. The van der Waals surface area contributed by atoms with Crippen LogP contribution in [-0.2, 0) is 5.60 Å². The Bertz CT molecular complexity index is 392. The van der Waals surface area contributed by atoms with E-state index in [0.717, 1.165) is 17.7 Å². The molecule has 1 aromatic rings. The van der Waals surface area contributed by atoms with E-state index in [1.165, 1.54) is 19.3 Å². The molecule has 1 aliphatic rings. The van der Waals surface area contributed by atoms with Gasteiger partial charge in [0.2, 0.25) is 0 Å². The first-order valence-corrected chi connectivity index (χ1v) is 6.97. The first-order valence-electron chi connectivity index (χ1n) is 6.97. The van der Waals surface area contributed by atoms with Crippen molar-refractivity contribution in [2.24, 2.45) is 5.92 Å². The third-order valence-corrected chi connectivity index (χ3v) is 3.74. The number of hydrogen-bond donors (Lipinski definition) is 1. The smallest absolute Gasteiger partial charge is 0.120 e. The summed E-state index contributed by atoms with van der Waals surface area (Å²) in [7, 11) is 0. The summed E-state index contributed by atoms with van der Waals surface area (Å²) >= 11 is 0. The summed E-state index contributed by atoms with van der Waals surface area (Å²) in [5.74, 6) is 1.53. The quantitative estimate of drug-likeness (QED) is 0.857. The van der Waals surface area contributed by atoms with Gasteiger partial charge in [-0.15, -0.1) is 0 Å². The van der Waals surface area contributed by atoms with Gasteiger partial charge < -0.3 is 9.84 Å². The Morgan fingerprint density at radius 2 is 2.11 bits per heavy atom. The Hall–Kier alpha value is -1.02. The van der Waals surface area contributed by atoms with Gasteiger partial charge in [0.25, 0.3) is 0 Å². The Labute approximate surface area is 110 Å². The second-order valence-electron chi connectivity index (χ2n) is 5.97. The SMILES string of the molecule is CC(C)Oc1cccc(C(C)(O)CC2CCC2)c1. The van der Waals surface area contributed by atoms with Gasteiger partial charge in [-0.25, -0.2) is 0 Å². The van der Waals surface area contributed by atoms with Crippen molar-refractivity contribution in [2.75, 3.05) is 0 Å². The largest absolute Gasteiger partial charge is 0.491 e. The summed E-state index contributed by atoms with van der Waals surface area (Å²) in [6, 6.07) is 7.87. The first kappa shape index (κ1) is 13.4. The molecule has 0 spiro atoms. The van der Waals surface area contributed by atoms with Crippen molar-refractivity contribution in [1.29, 1.82) is 0 Å². The van der Waals surface area contributed by atoms with Crippen LogP contribution in [0.2, 0.25) is 0 Å². The molecule has 100 valence electrons. The second kappa shape index (κ2) is 5.31. The van der Waals surface area contributed by atoms with Gasteiger partial charge >= 0.3 is 0 Å². The highest BCUT2D eigenvalue weighted by Crippen LogP contribution is 2.38. The lowest BCUT2D eigenvalue weighted by atomic mass is 9.76. The molecule has 1 aromatic carbocycles. The molecule has 2 nitrogen and oxygen atoms in total. The molecule has 1 saturated carbocycles. The summed E-state index contributed by atoms with van der Waals surface area (Å²) in [6.07, 6.45) is 4.86. The zero-order chi connectivity index (χ0) is 13.2. The van der Waals surface area contributed by atoms with Gasteiger partial charge in [0.15, 0.2) is 0 Å². The summed E-state index contributed by atoms with van der Waals surface area (Å²) < 4.78 is 5.68. The Balaban J connectivity index is 2.10. The van der Waals surface area contributed by atoms with Crippen LogP contribution in [-0.4, -0.2) is 11.2 Å². The lowest BCUT2D eigenvalue weighted by Crippen LogP contribution is -2.28. The van der Waals surface area contributed by atoms with E-state index in [1.807, 2.05) is 45.0 Å². The van der Waals surface area contributed by atoms with E-state index in [1.54, 1.807) is 0 Å². The van der Waals surface area contributed by atoms with Crippen LogP contribution in [0.25, 0.3) is 0 Å². The predicted octanol–water partition coefficient (Wildman–Crippen LogP) is 3.87. The van der Waals surface area contributed by atoms with E-state index in [4.69, 9.17) is 4.74 Å². The minimum Gasteiger partial charge on any atom is -0.491 e. The van der Waals surface area contributed by atoms with Crippen LogP contribution in [0.1, 0.15) is 52.0 Å². The second-order valence-corrected chi connectivity index (χ2v) is 5.97. The molecule has 1 aliphatic carbocycles. The molecule has 0 radical (unpaired) electrons. The normalized spacial score (nSPS) is 19.4. The fourth-order valence-corrected chi connectivity index (χ4v) is 2.55. The van der Waals surface area contributed by atoms with Crippen molar-refractivity contribution in [3.63, 3.8) is 0 Å². The molecular formula is C16H24O2. The van der Waals surface area contributed by atoms with E-state index >= 15 is 0 Å². The van der Waals surface area contributed by atoms with E-state index in [2.05, 4.69) is 0 Å². The topological polar surface area (TPSA) is 29.5 Å². The number of aliphatic hydroxyl groups is 1. The third-order valence-electron chi connectivity index (χ3n) is 3.74. The zero-order valence-corrected chi connectivity index (χ0v) is 11.6. The Morgan fingerprint density at radius 3 is 2.67 bits per heavy atom. The maximum absolute atomic E-state index is 10.6. The molecule has 0 aromatic heterocycles. The van der Waals surface area contributed by atoms with Crippen molar-refractivity contribution >= 4 is 0 Å². The molecule has 1 unspecified atom stereocenters. The molecule has 0 aliphatic heterocycles. The average molecular weight is 248 g/mol. The molecule has 0 heterocycles. The minimum atomic E-state index is -0.735. The van der Waals surface area contributed by atoms with Gasteiger partial charge in [-0.2, -0.15) is 0 Å². The van der Waals surface area contributed by atoms with E-state index in [9.17, 15) is 5.11 Å². The highest BCUT2D eigenvalue weighted by Gasteiger charge is 2.30. The average Bonchev–Trinajstić information content (AvgIpc) is 2.23. The summed E-state index contributed by atoms with van der Waals surface area (Å²) in [6.45, 7) is 5.94. The molecule has 0 amide bonds. The number of rotatable bonds is 5. The first-order chi connectivity index (χ1) is 8.47. The fourth-order valence-electron chi connectivity index (χ4n) is 2.55. The Morgan fingerprint density at radius 1 is 1.39 bits per heavy atom. The van der Waals surface area contributed by atoms with E-state index in [0.29, 0.717) is 5.92 Å². The van der Waals surface area contributed by atoms with Crippen molar-refractivity contribution in [2.45, 2.75) is 58.2 Å². The van der Waals surface area contributed by atoms with Crippen LogP contribution < -0.4 is 4.74 Å². The Kier molecular flexibility index (Phi) is 3.96. The predicted molar refractivity (Wildman–Crippen MR) is 73.7 cm³/mol. The van der Waals surface area contributed by atoms with Gasteiger partial charge in [-0.3, -0.25) is 0 Å². The molecule has 2 rings (SSSR count). The van der Waals surface area contributed by atoms with Gasteiger partial charge in [-0.1, -0.05) is 31.4 Å². The van der Waals surface area contributed by atoms with Gasteiger partial charge in [-0.05, 0) is 50.8 Å². The molecule has 0 saturated heterocycles. The fraction of sp³-hybridized carbons (Fsp3) is 0.625. The van der Waals surface area contributed by atoms with Crippen molar-refractivity contribution in [1.82, 2.24) is 0 Å². The van der Waals surface area contributed by atoms with E-state index < -0.39 is 5.60 Å².